The number of rotatable bonds is 1. The topological polar surface area (TPSA) is 12.4 Å². The summed E-state index contributed by atoms with van der Waals surface area (Å²) in [5.41, 5.74) is -0.803. The molecular formula is C3H2BrF3IN. The fraction of sp³-hybridized carbons (Fsp3) is 0.667. The van der Waals surface area contributed by atoms with Crippen LogP contribution >= 0.6 is 38.8 Å². The zero-order valence-corrected chi connectivity index (χ0v) is 7.79. The average Bonchev–Trinajstić information content (AvgIpc) is 1.65. The van der Waals surface area contributed by atoms with E-state index in [0.717, 1.165) is 0 Å². The SMILES string of the molecule is FC(F)(F)C(CBr)=NI. The van der Waals surface area contributed by atoms with E-state index in [2.05, 4.69) is 19.1 Å². The van der Waals surface area contributed by atoms with Crippen molar-refractivity contribution >= 4 is 44.5 Å². The molecule has 0 aliphatic heterocycles. The van der Waals surface area contributed by atoms with Gasteiger partial charge in [-0.3, -0.25) is 0 Å². The number of halogens is 5. The van der Waals surface area contributed by atoms with Crippen molar-refractivity contribution in [1.82, 2.24) is 0 Å². The van der Waals surface area contributed by atoms with Crippen molar-refractivity contribution in [2.75, 3.05) is 5.33 Å². The second-order valence-corrected chi connectivity index (χ2v) is 2.21. The van der Waals surface area contributed by atoms with Gasteiger partial charge >= 0.3 is 6.18 Å². The predicted molar refractivity (Wildman–Crippen MR) is 41.3 cm³/mol. The van der Waals surface area contributed by atoms with Gasteiger partial charge in [-0.1, -0.05) is 15.9 Å². The van der Waals surface area contributed by atoms with Crippen LogP contribution in [0.3, 0.4) is 0 Å². The van der Waals surface area contributed by atoms with Gasteiger partial charge in [-0.25, -0.2) is 3.21 Å². The molecule has 1 nitrogen and oxygen atoms in total. The van der Waals surface area contributed by atoms with E-state index in [0.29, 0.717) is 0 Å². The van der Waals surface area contributed by atoms with Gasteiger partial charge in [0.2, 0.25) is 0 Å². The summed E-state index contributed by atoms with van der Waals surface area (Å²) in [6.07, 6.45) is -4.29. The molecule has 0 N–H and O–H groups in total. The van der Waals surface area contributed by atoms with E-state index in [4.69, 9.17) is 0 Å². The molecule has 0 rings (SSSR count). The van der Waals surface area contributed by atoms with Gasteiger partial charge in [0.25, 0.3) is 0 Å². The zero-order chi connectivity index (χ0) is 7.49. The third kappa shape index (κ3) is 3.39. The Kier molecular flexibility index (Phi) is 4.02. The number of hydrogen-bond donors (Lipinski definition) is 0. The van der Waals surface area contributed by atoms with Crippen LogP contribution in [0.2, 0.25) is 0 Å². The Balaban J connectivity index is 4.14. The van der Waals surface area contributed by atoms with Gasteiger partial charge in [0.05, 0.1) is 28.2 Å². The molecule has 6 heteroatoms. The van der Waals surface area contributed by atoms with Crippen LogP contribution < -0.4 is 0 Å². The summed E-state index contributed by atoms with van der Waals surface area (Å²) in [7, 11) is 0. The minimum absolute atomic E-state index is 0.251. The molecule has 0 spiro atoms. The Morgan fingerprint density at radius 1 is 1.56 bits per heavy atom. The molecule has 0 radical (unpaired) electrons. The summed E-state index contributed by atoms with van der Waals surface area (Å²) in [6.45, 7) is 0. The highest BCUT2D eigenvalue weighted by Gasteiger charge is 2.34. The Bertz CT molecular complexity index is 121. The van der Waals surface area contributed by atoms with Gasteiger partial charge in [-0.05, 0) is 0 Å². The lowest BCUT2D eigenvalue weighted by atomic mass is 10.4. The van der Waals surface area contributed by atoms with Crippen molar-refractivity contribution in [1.29, 1.82) is 0 Å². The molecule has 54 valence electrons. The summed E-state index contributed by atoms with van der Waals surface area (Å²) in [4.78, 5) is 0. The molecule has 0 aromatic carbocycles. The predicted octanol–water partition coefficient (Wildman–Crippen LogP) is 2.73. The number of nitrogens with zero attached hydrogens (tertiary/aromatic N) is 1. The number of alkyl halides is 4. The summed E-state index contributed by atoms with van der Waals surface area (Å²) in [5, 5.41) is -0.251. The molecule has 0 saturated carbocycles. The van der Waals surface area contributed by atoms with Crippen LogP contribution in [0.15, 0.2) is 3.21 Å². The van der Waals surface area contributed by atoms with Crippen molar-refractivity contribution < 1.29 is 13.2 Å². The maximum absolute atomic E-state index is 11.6. The Morgan fingerprint density at radius 3 is 2.00 bits per heavy atom. The van der Waals surface area contributed by atoms with E-state index in [-0.39, 0.29) is 5.33 Å². The van der Waals surface area contributed by atoms with Crippen LogP contribution in [0.1, 0.15) is 0 Å². The summed E-state index contributed by atoms with van der Waals surface area (Å²) in [5.74, 6) is 0. The standard InChI is InChI=1S/C3H2BrF3IN/c4-1-2(9-8)3(5,6)7/h1H2. The van der Waals surface area contributed by atoms with Crippen molar-refractivity contribution in [2.24, 2.45) is 3.21 Å². The van der Waals surface area contributed by atoms with Gasteiger partial charge in [0, 0.05) is 0 Å². The Hall–Kier alpha value is 0.670. The molecule has 0 aliphatic rings. The fourth-order valence-corrected chi connectivity index (χ4v) is 1.50. The smallest absolute Gasteiger partial charge is 0.214 e. The molecule has 0 fully saturated rings. The maximum Gasteiger partial charge on any atom is 0.430 e. The maximum atomic E-state index is 11.6. The molecule has 0 bridgehead atoms. The Labute approximate surface area is 72.3 Å². The van der Waals surface area contributed by atoms with Crippen LogP contribution in [-0.4, -0.2) is 17.2 Å². The fourth-order valence-electron chi connectivity index (χ4n) is 0.146. The average molecular weight is 316 g/mol. The minimum atomic E-state index is -4.29. The minimum Gasteiger partial charge on any atom is -0.214 e. The van der Waals surface area contributed by atoms with Gasteiger partial charge in [0.15, 0.2) is 0 Å². The van der Waals surface area contributed by atoms with Crippen molar-refractivity contribution in [2.45, 2.75) is 6.18 Å². The quantitative estimate of drug-likeness (QED) is 0.401. The first-order valence-corrected chi connectivity index (χ1v) is 3.92. The highest BCUT2D eigenvalue weighted by molar-refractivity contribution is 14.1. The third-order valence-corrected chi connectivity index (χ3v) is 1.67. The van der Waals surface area contributed by atoms with E-state index in [9.17, 15) is 13.2 Å². The second-order valence-electron chi connectivity index (χ2n) is 1.16. The zero-order valence-electron chi connectivity index (χ0n) is 4.04. The summed E-state index contributed by atoms with van der Waals surface area (Å²) >= 11 is 3.97. The van der Waals surface area contributed by atoms with Gasteiger partial charge < -0.3 is 0 Å². The number of hydrogen-bond acceptors (Lipinski definition) is 1. The second kappa shape index (κ2) is 3.75. The van der Waals surface area contributed by atoms with Gasteiger partial charge in [-0.2, -0.15) is 13.2 Å². The highest BCUT2D eigenvalue weighted by Crippen LogP contribution is 2.19. The lowest BCUT2D eigenvalue weighted by Crippen LogP contribution is -2.23. The normalized spacial score (nSPS) is 14.1. The van der Waals surface area contributed by atoms with Crippen molar-refractivity contribution in [3.63, 3.8) is 0 Å². The molecule has 0 unspecified atom stereocenters. The molecule has 0 amide bonds. The van der Waals surface area contributed by atoms with Gasteiger partial charge in [0.1, 0.15) is 5.71 Å². The molecule has 0 saturated heterocycles. The summed E-state index contributed by atoms with van der Waals surface area (Å²) in [6, 6.07) is 0. The molecule has 0 atom stereocenters. The first-order valence-electron chi connectivity index (χ1n) is 1.83. The van der Waals surface area contributed by atoms with Gasteiger partial charge in [-0.15, -0.1) is 0 Å². The Morgan fingerprint density at radius 2 is 2.00 bits per heavy atom. The van der Waals surface area contributed by atoms with E-state index >= 15 is 0 Å². The molecule has 0 aromatic heterocycles. The van der Waals surface area contributed by atoms with E-state index in [1.54, 1.807) is 0 Å². The molecule has 9 heavy (non-hydrogen) atoms. The van der Waals surface area contributed by atoms with Crippen molar-refractivity contribution in [3.8, 4) is 0 Å². The van der Waals surface area contributed by atoms with Crippen molar-refractivity contribution in [3.05, 3.63) is 0 Å². The monoisotopic (exact) mass is 315 g/mol. The summed E-state index contributed by atoms with van der Waals surface area (Å²) < 4.78 is 37.7. The van der Waals surface area contributed by atoms with Crippen LogP contribution in [-0.2, 0) is 0 Å². The third-order valence-electron chi connectivity index (χ3n) is 0.556. The van der Waals surface area contributed by atoms with Crippen LogP contribution in [0.4, 0.5) is 13.2 Å². The molecule has 0 aliphatic carbocycles. The highest BCUT2D eigenvalue weighted by atomic mass is 127. The molecule has 0 aromatic rings. The first-order chi connectivity index (χ1) is 4.02. The van der Waals surface area contributed by atoms with E-state index in [1.807, 2.05) is 0 Å². The van der Waals surface area contributed by atoms with Crippen LogP contribution in [0, 0.1) is 0 Å². The first kappa shape index (κ1) is 9.67. The lowest BCUT2D eigenvalue weighted by Gasteiger charge is -2.03. The van der Waals surface area contributed by atoms with Crippen LogP contribution in [0.25, 0.3) is 0 Å². The van der Waals surface area contributed by atoms with Crippen LogP contribution in [0.5, 0.6) is 0 Å². The van der Waals surface area contributed by atoms with E-state index < -0.39 is 11.9 Å². The largest absolute Gasteiger partial charge is 0.430 e. The lowest BCUT2D eigenvalue weighted by molar-refractivity contribution is -0.0585. The molecule has 0 heterocycles. The molecular weight excluding hydrogens is 314 g/mol. The van der Waals surface area contributed by atoms with E-state index in [1.165, 1.54) is 22.9 Å².